The Hall–Kier alpha value is -1.36. The SMILES string of the molecule is Fc1ccc(C2=CSC3=N[C@@H]4CCCC[C@@H]4N23)cc1F. The zero-order valence-electron chi connectivity index (χ0n) is 10.9. The highest BCUT2D eigenvalue weighted by Gasteiger charge is 2.42. The van der Waals surface area contributed by atoms with Gasteiger partial charge in [0.2, 0.25) is 0 Å². The number of hydrogen-bond acceptors (Lipinski definition) is 3. The number of amidine groups is 1. The number of rotatable bonds is 1. The van der Waals surface area contributed by atoms with Gasteiger partial charge in [0, 0.05) is 11.0 Å². The molecule has 1 saturated carbocycles. The van der Waals surface area contributed by atoms with Crippen LogP contribution in [0.1, 0.15) is 31.2 Å². The van der Waals surface area contributed by atoms with E-state index in [4.69, 9.17) is 4.99 Å². The van der Waals surface area contributed by atoms with Crippen LogP contribution in [-0.4, -0.2) is 22.2 Å². The Morgan fingerprint density at radius 1 is 1.15 bits per heavy atom. The van der Waals surface area contributed by atoms with Crippen molar-refractivity contribution in [2.75, 3.05) is 0 Å². The van der Waals surface area contributed by atoms with E-state index < -0.39 is 11.6 Å². The summed E-state index contributed by atoms with van der Waals surface area (Å²) in [4.78, 5) is 7.00. The summed E-state index contributed by atoms with van der Waals surface area (Å²) in [5.74, 6) is -1.59. The molecule has 0 aromatic heterocycles. The third kappa shape index (κ3) is 1.79. The van der Waals surface area contributed by atoms with Crippen LogP contribution in [0.4, 0.5) is 8.78 Å². The molecule has 5 heteroatoms. The summed E-state index contributed by atoms with van der Waals surface area (Å²) in [5.41, 5.74) is 1.69. The average molecular weight is 292 g/mol. The summed E-state index contributed by atoms with van der Waals surface area (Å²) in [5, 5.41) is 3.01. The molecule has 0 radical (unpaired) electrons. The van der Waals surface area contributed by atoms with Gasteiger partial charge in [-0.2, -0.15) is 0 Å². The predicted octanol–water partition coefficient (Wildman–Crippen LogP) is 3.99. The second kappa shape index (κ2) is 4.58. The summed E-state index contributed by atoms with van der Waals surface area (Å²) in [6, 6.07) is 4.89. The van der Waals surface area contributed by atoms with Crippen LogP contribution in [0.3, 0.4) is 0 Å². The third-order valence-electron chi connectivity index (χ3n) is 4.26. The molecule has 1 aromatic rings. The van der Waals surface area contributed by atoms with Gasteiger partial charge in [-0.05, 0) is 31.0 Å². The Labute approximate surface area is 120 Å². The fourth-order valence-corrected chi connectivity index (χ4v) is 4.30. The van der Waals surface area contributed by atoms with Gasteiger partial charge in [-0.3, -0.25) is 4.99 Å². The lowest BCUT2D eigenvalue weighted by Crippen LogP contribution is -2.38. The van der Waals surface area contributed by atoms with Crippen LogP contribution in [0.15, 0.2) is 28.6 Å². The van der Waals surface area contributed by atoms with E-state index in [9.17, 15) is 8.78 Å². The molecule has 0 bridgehead atoms. The lowest BCUT2D eigenvalue weighted by molar-refractivity contribution is 0.305. The fourth-order valence-electron chi connectivity index (χ4n) is 3.29. The molecule has 20 heavy (non-hydrogen) atoms. The van der Waals surface area contributed by atoms with Gasteiger partial charge in [0.05, 0.1) is 17.8 Å². The third-order valence-corrected chi connectivity index (χ3v) is 5.11. The summed E-state index contributed by atoms with van der Waals surface area (Å²) in [7, 11) is 0. The average Bonchev–Trinajstić information content (AvgIpc) is 3.00. The molecule has 0 amide bonds. The van der Waals surface area contributed by atoms with Crippen LogP contribution >= 0.6 is 11.8 Å². The summed E-state index contributed by atoms with van der Waals surface area (Å²) in [6.07, 6.45) is 4.71. The van der Waals surface area contributed by atoms with Crippen LogP contribution < -0.4 is 0 Å². The van der Waals surface area contributed by atoms with Crippen LogP contribution in [0, 0.1) is 11.6 Å². The standard InChI is InChI=1S/C15H14F2N2S/c16-10-6-5-9(7-11(10)17)14-8-20-15-18-12-3-1-2-4-13(12)19(14)15/h5-8,12-13H,1-4H2/t12-,13+/m1/s1. The number of nitrogens with zero attached hydrogens (tertiary/aromatic N) is 2. The predicted molar refractivity (Wildman–Crippen MR) is 77.2 cm³/mol. The van der Waals surface area contributed by atoms with Crippen molar-refractivity contribution in [1.82, 2.24) is 4.90 Å². The molecular weight excluding hydrogens is 278 g/mol. The van der Waals surface area contributed by atoms with E-state index in [1.165, 1.54) is 25.0 Å². The largest absolute Gasteiger partial charge is 0.315 e. The monoisotopic (exact) mass is 292 g/mol. The Morgan fingerprint density at radius 3 is 2.85 bits per heavy atom. The molecule has 104 valence electrons. The molecule has 0 N–H and O–H groups in total. The van der Waals surface area contributed by atoms with Gasteiger partial charge in [0.25, 0.3) is 0 Å². The second-order valence-corrected chi connectivity index (χ2v) is 6.29. The number of fused-ring (bicyclic) bond motifs is 3. The van der Waals surface area contributed by atoms with E-state index in [2.05, 4.69) is 4.90 Å². The van der Waals surface area contributed by atoms with Gasteiger partial charge in [0.1, 0.15) is 0 Å². The molecule has 4 rings (SSSR count). The van der Waals surface area contributed by atoms with Crippen LogP contribution in [0.5, 0.6) is 0 Å². The van der Waals surface area contributed by atoms with Crippen LogP contribution in [0.2, 0.25) is 0 Å². The Balaban J connectivity index is 1.69. The molecule has 2 atom stereocenters. The highest BCUT2D eigenvalue weighted by atomic mass is 32.2. The van der Waals surface area contributed by atoms with Gasteiger partial charge in [-0.1, -0.05) is 24.6 Å². The first kappa shape index (κ1) is 12.4. The maximum Gasteiger partial charge on any atom is 0.168 e. The molecule has 2 nitrogen and oxygen atoms in total. The van der Waals surface area contributed by atoms with Gasteiger partial charge >= 0.3 is 0 Å². The summed E-state index contributed by atoms with van der Waals surface area (Å²) < 4.78 is 26.5. The lowest BCUT2D eigenvalue weighted by atomic mass is 9.90. The highest BCUT2D eigenvalue weighted by Crippen LogP contribution is 2.44. The van der Waals surface area contributed by atoms with Crippen molar-refractivity contribution in [3.8, 4) is 0 Å². The molecule has 1 aromatic carbocycles. The van der Waals surface area contributed by atoms with Crippen molar-refractivity contribution in [3.05, 3.63) is 40.8 Å². The van der Waals surface area contributed by atoms with E-state index in [1.54, 1.807) is 17.8 Å². The minimum atomic E-state index is -0.800. The first-order valence-corrected chi connectivity index (χ1v) is 7.81. The normalized spacial score (nSPS) is 28.0. The first-order valence-electron chi connectivity index (χ1n) is 6.93. The maximum absolute atomic E-state index is 13.5. The second-order valence-electron chi connectivity index (χ2n) is 5.45. The molecule has 1 aliphatic carbocycles. The zero-order chi connectivity index (χ0) is 13.7. The molecular formula is C15H14F2N2S. The molecule has 0 spiro atoms. The van der Waals surface area contributed by atoms with Crippen LogP contribution in [0.25, 0.3) is 5.70 Å². The number of benzene rings is 1. The fraction of sp³-hybridized carbons (Fsp3) is 0.400. The van der Waals surface area contributed by atoms with E-state index in [-0.39, 0.29) is 0 Å². The molecule has 3 aliphatic rings. The first-order chi connectivity index (χ1) is 9.74. The molecule has 2 heterocycles. The van der Waals surface area contributed by atoms with Gasteiger partial charge < -0.3 is 4.90 Å². The van der Waals surface area contributed by atoms with Crippen molar-refractivity contribution in [3.63, 3.8) is 0 Å². The van der Waals surface area contributed by atoms with Crippen LogP contribution in [-0.2, 0) is 0 Å². The minimum absolute atomic E-state index is 0.375. The van der Waals surface area contributed by atoms with Crippen molar-refractivity contribution >= 4 is 22.6 Å². The minimum Gasteiger partial charge on any atom is -0.315 e. The quantitative estimate of drug-likeness (QED) is 0.777. The molecule has 2 aliphatic heterocycles. The van der Waals surface area contributed by atoms with E-state index in [0.717, 1.165) is 29.3 Å². The van der Waals surface area contributed by atoms with Gasteiger partial charge in [-0.15, -0.1) is 0 Å². The highest BCUT2D eigenvalue weighted by molar-refractivity contribution is 8.16. The number of aliphatic imine (C=N–C) groups is 1. The lowest BCUT2D eigenvalue weighted by Gasteiger charge is -2.32. The summed E-state index contributed by atoms with van der Waals surface area (Å²) >= 11 is 1.59. The summed E-state index contributed by atoms with van der Waals surface area (Å²) in [6.45, 7) is 0. The topological polar surface area (TPSA) is 15.6 Å². The smallest absolute Gasteiger partial charge is 0.168 e. The van der Waals surface area contributed by atoms with Crippen molar-refractivity contribution in [2.45, 2.75) is 37.8 Å². The number of halogens is 2. The van der Waals surface area contributed by atoms with E-state index in [0.29, 0.717) is 12.1 Å². The Bertz CT molecular complexity index is 626. The number of hydrogen-bond donors (Lipinski definition) is 0. The molecule has 0 saturated heterocycles. The van der Waals surface area contributed by atoms with Gasteiger partial charge in [-0.25, -0.2) is 8.78 Å². The van der Waals surface area contributed by atoms with E-state index >= 15 is 0 Å². The van der Waals surface area contributed by atoms with Crippen molar-refractivity contribution in [1.29, 1.82) is 0 Å². The molecule has 0 unspecified atom stereocenters. The Morgan fingerprint density at radius 2 is 2.00 bits per heavy atom. The van der Waals surface area contributed by atoms with Gasteiger partial charge in [0.15, 0.2) is 16.8 Å². The number of thioether (sulfide) groups is 1. The Kier molecular flexibility index (Phi) is 2.84. The maximum atomic E-state index is 13.5. The zero-order valence-corrected chi connectivity index (χ0v) is 11.7. The van der Waals surface area contributed by atoms with E-state index in [1.807, 2.05) is 5.41 Å². The van der Waals surface area contributed by atoms with Crippen molar-refractivity contribution < 1.29 is 8.78 Å². The van der Waals surface area contributed by atoms with Crippen molar-refractivity contribution in [2.24, 2.45) is 4.99 Å². The molecule has 1 fully saturated rings.